The predicted molar refractivity (Wildman–Crippen MR) is 76.8 cm³/mol. The number of anilines is 1. The quantitative estimate of drug-likeness (QED) is 0.901. The van der Waals surface area contributed by atoms with Gasteiger partial charge >= 0.3 is 0 Å². The van der Waals surface area contributed by atoms with E-state index in [1.165, 1.54) is 0 Å². The molecule has 2 aromatic rings. The third kappa shape index (κ3) is 2.26. The summed E-state index contributed by atoms with van der Waals surface area (Å²) in [5.41, 5.74) is 6.04. The highest BCUT2D eigenvalue weighted by molar-refractivity contribution is 5.83. The van der Waals surface area contributed by atoms with Crippen LogP contribution in [0.15, 0.2) is 35.1 Å². The Labute approximate surface area is 107 Å². The van der Waals surface area contributed by atoms with Gasteiger partial charge in [0.1, 0.15) is 5.82 Å². The zero-order chi connectivity index (χ0) is 13.3. The molecule has 3 heteroatoms. The third-order valence-corrected chi connectivity index (χ3v) is 3.24. The van der Waals surface area contributed by atoms with E-state index < -0.39 is 0 Å². The van der Waals surface area contributed by atoms with Crippen LogP contribution in [0.1, 0.15) is 33.2 Å². The smallest absolute Gasteiger partial charge is 0.260 e. The maximum absolute atomic E-state index is 12.5. The van der Waals surface area contributed by atoms with E-state index in [-0.39, 0.29) is 11.6 Å². The van der Waals surface area contributed by atoms with E-state index in [0.29, 0.717) is 11.7 Å². The van der Waals surface area contributed by atoms with E-state index in [4.69, 9.17) is 5.73 Å². The van der Waals surface area contributed by atoms with Gasteiger partial charge < -0.3 is 5.73 Å². The molecule has 0 spiro atoms. The second kappa shape index (κ2) is 4.84. The molecule has 1 unspecified atom stereocenters. The lowest BCUT2D eigenvalue weighted by atomic mass is 10.0. The Balaban J connectivity index is 2.61. The molecule has 1 aromatic carbocycles. The van der Waals surface area contributed by atoms with E-state index in [9.17, 15) is 4.79 Å². The number of benzene rings is 1. The van der Waals surface area contributed by atoms with Crippen molar-refractivity contribution in [3.8, 4) is 0 Å². The number of aromatic nitrogens is 1. The van der Waals surface area contributed by atoms with Gasteiger partial charge in [0, 0.05) is 11.4 Å². The maximum atomic E-state index is 12.5. The molecule has 18 heavy (non-hydrogen) atoms. The van der Waals surface area contributed by atoms with E-state index in [0.717, 1.165) is 17.2 Å². The first kappa shape index (κ1) is 12.7. The molecule has 1 atom stereocenters. The standard InChI is InChI=1S/C15H20N2O/c1-10(2)8-11(3)17-14(16)9-12-6-4-5-7-13(12)15(17)18/h4-7,9-11H,8,16H2,1-3H3. The van der Waals surface area contributed by atoms with Gasteiger partial charge in [0.2, 0.25) is 0 Å². The van der Waals surface area contributed by atoms with Crippen molar-refractivity contribution in [1.29, 1.82) is 0 Å². The van der Waals surface area contributed by atoms with Crippen molar-refractivity contribution in [3.63, 3.8) is 0 Å². The highest BCUT2D eigenvalue weighted by Gasteiger charge is 2.13. The van der Waals surface area contributed by atoms with Crippen molar-refractivity contribution in [2.75, 3.05) is 5.73 Å². The number of hydrogen-bond donors (Lipinski definition) is 1. The molecule has 0 fully saturated rings. The van der Waals surface area contributed by atoms with Crippen LogP contribution < -0.4 is 11.3 Å². The third-order valence-electron chi connectivity index (χ3n) is 3.24. The number of pyridine rings is 1. The van der Waals surface area contributed by atoms with Crippen LogP contribution in [0.2, 0.25) is 0 Å². The van der Waals surface area contributed by atoms with Crippen LogP contribution in [-0.2, 0) is 0 Å². The van der Waals surface area contributed by atoms with E-state index in [1.807, 2.05) is 37.3 Å². The largest absolute Gasteiger partial charge is 0.385 e. The molecule has 2 rings (SSSR count). The minimum Gasteiger partial charge on any atom is -0.385 e. The van der Waals surface area contributed by atoms with Crippen molar-refractivity contribution in [2.45, 2.75) is 33.2 Å². The average Bonchev–Trinajstić information content (AvgIpc) is 2.27. The van der Waals surface area contributed by atoms with Gasteiger partial charge in [0.05, 0.1) is 0 Å². The van der Waals surface area contributed by atoms with Crippen LogP contribution in [0.4, 0.5) is 5.82 Å². The molecule has 0 aliphatic heterocycles. The van der Waals surface area contributed by atoms with Crippen molar-refractivity contribution in [1.82, 2.24) is 4.57 Å². The normalized spacial score (nSPS) is 13.1. The predicted octanol–water partition coefficient (Wildman–Crippen LogP) is 3.19. The summed E-state index contributed by atoms with van der Waals surface area (Å²) >= 11 is 0. The summed E-state index contributed by atoms with van der Waals surface area (Å²) in [5, 5.41) is 1.65. The molecule has 1 aromatic heterocycles. The molecule has 96 valence electrons. The summed E-state index contributed by atoms with van der Waals surface area (Å²) in [5.74, 6) is 1.09. The summed E-state index contributed by atoms with van der Waals surface area (Å²) in [6, 6.07) is 9.59. The van der Waals surface area contributed by atoms with Crippen LogP contribution in [0.3, 0.4) is 0 Å². The van der Waals surface area contributed by atoms with Crippen LogP contribution in [0, 0.1) is 5.92 Å². The topological polar surface area (TPSA) is 48.0 Å². The fourth-order valence-electron chi connectivity index (χ4n) is 2.54. The van der Waals surface area contributed by atoms with Crippen LogP contribution in [-0.4, -0.2) is 4.57 Å². The van der Waals surface area contributed by atoms with Crippen molar-refractivity contribution in [3.05, 3.63) is 40.7 Å². The molecular formula is C15H20N2O. The Hall–Kier alpha value is -1.77. The number of rotatable bonds is 3. The van der Waals surface area contributed by atoms with E-state index in [1.54, 1.807) is 4.57 Å². The van der Waals surface area contributed by atoms with Gasteiger partial charge in [0.25, 0.3) is 5.56 Å². The molecule has 0 aliphatic rings. The van der Waals surface area contributed by atoms with E-state index in [2.05, 4.69) is 13.8 Å². The van der Waals surface area contributed by atoms with Gasteiger partial charge in [-0.15, -0.1) is 0 Å². The lowest BCUT2D eigenvalue weighted by Crippen LogP contribution is -2.26. The molecule has 0 radical (unpaired) electrons. The number of hydrogen-bond acceptors (Lipinski definition) is 2. The first-order chi connectivity index (χ1) is 8.50. The lowest BCUT2D eigenvalue weighted by Gasteiger charge is -2.20. The van der Waals surface area contributed by atoms with Gasteiger partial charge in [-0.3, -0.25) is 9.36 Å². The summed E-state index contributed by atoms with van der Waals surface area (Å²) in [6.07, 6.45) is 0.947. The molecule has 3 nitrogen and oxygen atoms in total. The first-order valence-electron chi connectivity index (χ1n) is 6.40. The Kier molecular flexibility index (Phi) is 3.41. The Morgan fingerprint density at radius 1 is 1.22 bits per heavy atom. The molecule has 0 saturated carbocycles. The second-order valence-electron chi connectivity index (χ2n) is 5.31. The molecule has 0 saturated heterocycles. The summed E-state index contributed by atoms with van der Waals surface area (Å²) in [4.78, 5) is 12.5. The Morgan fingerprint density at radius 2 is 1.89 bits per heavy atom. The van der Waals surface area contributed by atoms with Crippen LogP contribution >= 0.6 is 0 Å². The number of nitrogen functional groups attached to an aromatic ring is 1. The number of nitrogens with two attached hydrogens (primary N) is 1. The van der Waals surface area contributed by atoms with Gasteiger partial charge in [-0.05, 0) is 36.8 Å². The average molecular weight is 244 g/mol. The van der Waals surface area contributed by atoms with Gasteiger partial charge in [-0.1, -0.05) is 32.0 Å². The maximum Gasteiger partial charge on any atom is 0.260 e. The van der Waals surface area contributed by atoms with Crippen molar-refractivity contribution in [2.24, 2.45) is 5.92 Å². The van der Waals surface area contributed by atoms with Crippen molar-refractivity contribution >= 4 is 16.6 Å². The van der Waals surface area contributed by atoms with Crippen molar-refractivity contribution < 1.29 is 0 Å². The van der Waals surface area contributed by atoms with Gasteiger partial charge in [-0.25, -0.2) is 0 Å². The molecule has 2 N–H and O–H groups in total. The Bertz CT molecular complexity index is 613. The molecule has 0 bridgehead atoms. The zero-order valence-corrected chi connectivity index (χ0v) is 11.2. The molecule has 0 aliphatic carbocycles. The molecule has 0 amide bonds. The molecular weight excluding hydrogens is 224 g/mol. The fourth-order valence-corrected chi connectivity index (χ4v) is 2.54. The van der Waals surface area contributed by atoms with Gasteiger partial charge in [-0.2, -0.15) is 0 Å². The fraction of sp³-hybridized carbons (Fsp3) is 0.400. The summed E-state index contributed by atoms with van der Waals surface area (Å²) < 4.78 is 1.71. The second-order valence-corrected chi connectivity index (χ2v) is 5.31. The zero-order valence-electron chi connectivity index (χ0n) is 11.2. The first-order valence-corrected chi connectivity index (χ1v) is 6.40. The summed E-state index contributed by atoms with van der Waals surface area (Å²) in [6.45, 7) is 6.35. The Morgan fingerprint density at radius 3 is 2.56 bits per heavy atom. The van der Waals surface area contributed by atoms with E-state index >= 15 is 0 Å². The highest BCUT2D eigenvalue weighted by atomic mass is 16.1. The minimum absolute atomic E-state index is 0.0127. The number of nitrogens with zero attached hydrogens (tertiary/aromatic N) is 1. The minimum atomic E-state index is 0.0127. The molecule has 1 heterocycles. The summed E-state index contributed by atoms with van der Waals surface area (Å²) in [7, 11) is 0. The van der Waals surface area contributed by atoms with Crippen LogP contribution in [0.5, 0.6) is 0 Å². The number of fused-ring (bicyclic) bond motifs is 1. The lowest BCUT2D eigenvalue weighted by molar-refractivity contribution is 0.425. The van der Waals surface area contributed by atoms with Crippen LogP contribution in [0.25, 0.3) is 10.8 Å². The van der Waals surface area contributed by atoms with Gasteiger partial charge in [0.15, 0.2) is 0 Å². The SMILES string of the molecule is CC(C)CC(C)n1c(N)cc2ccccc2c1=O. The monoisotopic (exact) mass is 244 g/mol. The highest BCUT2D eigenvalue weighted by Crippen LogP contribution is 2.21.